The van der Waals surface area contributed by atoms with Crippen molar-refractivity contribution in [1.82, 2.24) is 0 Å². The Kier molecular flexibility index (Phi) is 3.99. The largest absolute Gasteiger partial charge is 0.493 e. The first-order valence-electron chi connectivity index (χ1n) is 5.95. The fourth-order valence-electron chi connectivity index (χ4n) is 1.99. The van der Waals surface area contributed by atoms with E-state index in [1.54, 1.807) is 0 Å². The van der Waals surface area contributed by atoms with E-state index in [1.807, 2.05) is 30.3 Å². The number of carbonyl (C=O) groups excluding carboxylic acids is 1. The predicted molar refractivity (Wildman–Crippen MR) is 69.1 cm³/mol. The molecule has 0 fully saturated rings. The molecular formula is C14H17NO3. The van der Waals surface area contributed by atoms with E-state index in [0.717, 1.165) is 23.3 Å². The number of hydrogen-bond acceptors (Lipinski definition) is 4. The fraction of sp³-hybridized carbons (Fsp3) is 0.357. The molecule has 1 aliphatic heterocycles. The Bertz CT molecular complexity index is 468. The number of hydrogen-bond donors (Lipinski definition) is 1. The Morgan fingerprint density at radius 1 is 1.50 bits per heavy atom. The van der Waals surface area contributed by atoms with Gasteiger partial charge in [-0.15, -0.1) is 0 Å². The van der Waals surface area contributed by atoms with E-state index in [9.17, 15) is 4.79 Å². The molecule has 96 valence electrons. The van der Waals surface area contributed by atoms with Crippen molar-refractivity contribution in [2.24, 2.45) is 5.73 Å². The van der Waals surface area contributed by atoms with Gasteiger partial charge in [-0.25, -0.2) is 0 Å². The first kappa shape index (κ1) is 12.6. The van der Waals surface area contributed by atoms with E-state index >= 15 is 0 Å². The first-order chi connectivity index (χ1) is 8.70. The minimum atomic E-state index is -0.605. The fourth-order valence-corrected chi connectivity index (χ4v) is 1.99. The van der Waals surface area contributed by atoms with Crippen molar-refractivity contribution in [3.63, 3.8) is 0 Å². The molecule has 1 atom stereocenters. The molecular weight excluding hydrogens is 230 g/mol. The second-order valence-electron chi connectivity index (χ2n) is 4.27. The molecule has 0 amide bonds. The molecule has 0 aromatic heterocycles. The van der Waals surface area contributed by atoms with Crippen molar-refractivity contribution >= 4 is 12.0 Å². The van der Waals surface area contributed by atoms with Gasteiger partial charge in [0.2, 0.25) is 0 Å². The Morgan fingerprint density at radius 3 is 3.06 bits per heavy atom. The number of para-hydroxylation sites is 1. The Labute approximate surface area is 106 Å². The molecule has 0 saturated carbocycles. The second kappa shape index (κ2) is 5.69. The highest BCUT2D eigenvalue weighted by molar-refractivity contribution is 5.76. The second-order valence-corrected chi connectivity index (χ2v) is 4.27. The van der Waals surface area contributed by atoms with Gasteiger partial charge in [0, 0.05) is 12.0 Å². The molecule has 1 aromatic rings. The number of methoxy groups -OCH3 is 1. The molecule has 18 heavy (non-hydrogen) atoms. The summed E-state index contributed by atoms with van der Waals surface area (Å²) in [6.45, 7) is 0.608. The van der Waals surface area contributed by atoms with E-state index < -0.39 is 6.04 Å². The zero-order chi connectivity index (χ0) is 13.0. The summed E-state index contributed by atoms with van der Waals surface area (Å²) in [5.41, 5.74) is 7.91. The number of esters is 1. The molecule has 0 spiro atoms. The molecule has 1 aliphatic rings. The van der Waals surface area contributed by atoms with Crippen molar-refractivity contribution in [1.29, 1.82) is 0 Å². The summed E-state index contributed by atoms with van der Waals surface area (Å²) >= 11 is 0. The molecule has 4 nitrogen and oxygen atoms in total. The summed E-state index contributed by atoms with van der Waals surface area (Å²) in [6.07, 6.45) is 3.33. The minimum Gasteiger partial charge on any atom is -0.493 e. The number of benzene rings is 1. The predicted octanol–water partition coefficient (Wildman–Crippen LogP) is 1.74. The summed E-state index contributed by atoms with van der Waals surface area (Å²) < 4.78 is 10.3. The lowest BCUT2D eigenvalue weighted by Gasteiger charge is -2.10. The lowest BCUT2D eigenvalue weighted by Crippen LogP contribution is -2.31. The van der Waals surface area contributed by atoms with Crippen LogP contribution < -0.4 is 10.5 Å². The van der Waals surface area contributed by atoms with Gasteiger partial charge in [0.15, 0.2) is 0 Å². The molecule has 0 bridgehead atoms. The van der Waals surface area contributed by atoms with Crippen LogP contribution in [0.5, 0.6) is 5.75 Å². The maximum absolute atomic E-state index is 11.3. The highest BCUT2D eigenvalue weighted by atomic mass is 16.5. The smallest absolute Gasteiger partial charge is 0.322 e. The molecule has 1 aromatic carbocycles. The molecule has 4 heteroatoms. The third-order valence-electron chi connectivity index (χ3n) is 2.95. The van der Waals surface area contributed by atoms with Crippen LogP contribution in [0, 0.1) is 0 Å². The minimum absolute atomic E-state index is 0.380. The maximum atomic E-state index is 11.3. The van der Waals surface area contributed by atoms with Crippen LogP contribution in [0.25, 0.3) is 6.08 Å². The molecule has 0 aliphatic carbocycles. The monoisotopic (exact) mass is 247 g/mol. The Balaban J connectivity index is 2.15. The van der Waals surface area contributed by atoms with Crippen LogP contribution in [0.2, 0.25) is 0 Å². The highest BCUT2D eigenvalue weighted by Gasteiger charge is 2.17. The molecule has 1 unspecified atom stereocenters. The molecule has 1 heterocycles. The van der Waals surface area contributed by atoms with Crippen molar-refractivity contribution in [2.45, 2.75) is 18.9 Å². The lowest BCUT2D eigenvalue weighted by molar-refractivity contribution is -0.142. The molecule has 0 radical (unpaired) electrons. The highest BCUT2D eigenvalue weighted by Crippen LogP contribution is 2.27. The third kappa shape index (κ3) is 2.90. The van der Waals surface area contributed by atoms with Crippen LogP contribution in [0.4, 0.5) is 0 Å². The van der Waals surface area contributed by atoms with E-state index in [-0.39, 0.29) is 5.97 Å². The number of carbonyl (C=O) groups is 1. The molecule has 2 rings (SSSR count). The zero-order valence-corrected chi connectivity index (χ0v) is 10.4. The summed E-state index contributed by atoms with van der Waals surface area (Å²) in [5, 5.41) is 0. The van der Waals surface area contributed by atoms with Crippen LogP contribution >= 0.6 is 0 Å². The van der Waals surface area contributed by atoms with Crippen LogP contribution in [0.1, 0.15) is 18.4 Å². The number of nitrogens with two attached hydrogens (primary N) is 1. The topological polar surface area (TPSA) is 61.5 Å². The van der Waals surface area contributed by atoms with Crippen LogP contribution in [-0.4, -0.2) is 25.7 Å². The quantitative estimate of drug-likeness (QED) is 0.826. The number of rotatable bonds is 3. The van der Waals surface area contributed by atoms with Crippen molar-refractivity contribution in [2.75, 3.05) is 13.7 Å². The van der Waals surface area contributed by atoms with Crippen LogP contribution in [-0.2, 0) is 9.53 Å². The number of ether oxygens (including phenoxy) is 2. The standard InChI is InChI=1S/C14H17NO3/c1-17-14(16)12(15)9-10-6-7-18-13-5-3-2-4-11(13)8-10/h2-5,8,12H,6-7,9,15H2,1H3. The van der Waals surface area contributed by atoms with E-state index in [0.29, 0.717) is 13.0 Å². The summed E-state index contributed by atoms with van der Waals surface area (Å²) in [4.78, 5) is 11.3. The van der Waals surface area contributed by atoms with Crippen LogP contribution in [0.15, 0.2) is 29.8 Å². The van der Waals surface area contributed by atoms with Crippen molar-refractivity contribution in [3.8, 4) is 5.75 Å². The van der Waals surface area contributed by atoms with Gasteiger partial charge in [0.25, 0.3) is 0 Å². The first-order valence-corrected chi connectivity index (χ1v) is 5.95. The number of fused-ring (bicyclic) bond motifs is 1. The van der Waals surface area contributed by atoms with Gasteiger partial charge in [-0.2, -0.15) is 0 Å². The normalized spacial score (nSPS) is 15.8. The van der Waals surface area contributed by atoms with Crippen molar-refractivity contribution in [3.05, 3.63) is 35.4 Å². The van der Waals surface area contributed by atoms with Gasteiger partial charge in [-0.05, 0) is 12.5 Å². The Morgan fingerprint density at radius 2 is 2.28 bits per heavy atom. The van der Waals surface area contributed by atoms with Crippen molar-refractivity contribution < 1.29 is 14.3 Å². The summed E-state index contributed by atoms with van der Waals surface area (Å²) in [7, 11) is 1.35. The zero-order valence-electron chi connectivity index (χ0n) is 10.4. The SMILES string of the molecule is COC(=O)C(N)CC1=Cc2ccccc2OCC1. The van der Waals surface area contributed by atoms with Gasteiger partial charge < -0.3 is 15.2 Å². The summed E-state index contributed by atoms with van der Waals surface area (Å²) in [5.74, 6) is 0.494. The van der Waals surface area contributed by atoms with E-state index in [4.69, 9.17) is 10.5 Å². The van der Waals surface area contributed by atoms with Gasteiger partial charge in [0.1, 0.15) is 11.8 Å². The third-order valence-corrected chi connectivity index (χ3v) is 2.95. The molecule has 0 saturated heterocycles. The lowest BCUT2D eigenvalue weighted by atomic mass is 10.0. The van der Waals surface area contributed by atoms with Gasteiger partial charge in [-0.1, -0.05) is 29.8 Å². The van der Waals surface area contributed by atoms with E-state index in [1.165, 1.54) is 7.11 Å². The average Bonchev–Trinajstić information content (AvgIpc) is 2.59. The Hall–Kier alpha value is -1.81. The van der Waals surface area contributed by atoms with Crippen LogP contribution in [0.3, 0.4) is 0 Å². The van der Waals surface area contributed by atoms with Gasteiger partial charge in [0.05, 0.1) is 13.7 Å². The van der Waals surface area contributed by atoms with E-state index in [2.05, 4.69) is 4.74 Å². The van der Waals surface area contributed by atoms with Gasteiger partial charge >= 0.3 is 5.97 Å². The average molecular weight is 247 g/mol. The van der Waals surface area contributed by atoms with Gasteiger partial charge in [-0.3, -0.25) is 4.79 Å². The summed E-state index contributed by atoms with van der Waals surface area (Å²) in [6, 6.07) is 7.23. The maximum Gasteiger partial charge on any atom is 0.322 e. The molecule has 2 N–H and O–H groups in total.